The quantitative estimate of drug-likeness (QED) is 0.783. The molecular weight excluding hydrogens is 297 g/mol. The molecule has 0 amide bonds. The minimum absolute atomic E-state index is 0.0903. The van der Waals surface area contributed by atoms with E-state index in [-0.39, 0.29) is 17.9 Å². The number of ether oxygens (including phenoxy) is 3. The zero-order valence-corrected chi connectivity index (χ0v) is 11.7. The summed E-state index contributed by atoms with van der Waals surface area (Å²) in [6, 6.07) is 0. The van der Waals surface area contributed by atoms with E-state index in [2.05, 4.69) is 21.9 Å². The van der Waals surface area contributed by atoms with Crippen LogP contribution in [0.15, 0.2) is 0 Å². The molecule has 0 bridgehead atoms. The van der Waals surface area contributed by atoms with Crippen molar-refractivity contribution in [3.63, 3.8) is 0 Å². The first-order chi connectivity index (χ1) is 9.44. The number of halogens is 3. The fourth-order valence-corrected chi connectivity index (χ4v) is 2.57. The van der Waals surface area contributed by atoms with Crippen LogP contribution < -0.4 is 4.74 Å². The number of hydrogen-bond donors (Lipinski definition) is 0. The van der Waals surface area contributed by atoms with Crippen LogP contribution in [0.2, 0.25) is 0 Å². The summed E-state index contributed by atoms with van der Waals surface area (Å²) in [6.07, 6.45) is -2.80. The Kier molecular flexibility index (Phi) is 5.17. The van der Waals surface area contributed by atoms with Gasteiger partial charge in [-0.3, -0.25) is 4.74 Å². The lowest BCUT2D eigenvalue weighted by molar-refractivity contribution is -0.325. The van der Waals surface area contributed by atoms with Crippen LogP contribution in [-0.4, -0.2) is 36.4 Å². The van der Waals surface area contributed by atoms with Crippen LogP contribution in [0.5, 0.6) is 5.19 Å². The predicted octanol–water partition coefficient (Wildman–Crippen LogP) is 2.94. The van der Waals surface area contributed by atoms with Gasteiger partial charge in [0.05, 0.1) is 13.2 Å². The van der Waals surface area contributed by atoms with Crippen LogP contribution in [0.4, 0.5) is 13.2 Å². The molecule has 2 atom stereocenters. The van der Waals surface area contributed by atoms with E-state index in [1.807, 2.05) is 0 Å². The molecule has 0 saturated carbocycles. The second-order valence-corrected chi connectivity index (χ2v) is 5.53. The number of aromatic nitrogens is 2. The number of alkyl halides is 3. The summed E-state index contributed by atoms with van der Waals surface area (Å²) in [4.78, 5) is 0. The lowest BCUT2D eigenvalue weighted by Crippen LogP contribution is -2.18. The number of nitrogens with zero attached hydrogens (tertiary/aromatic N) is 2. The van der Waals surface area contributed by atoms with Crippen LogP contribution in [0.3, 0.4) is 0 Å². The van der Waals surface area contributed by atoms with Gasteiger partial charge < -0.3 is 9.47 Å². The summed E-state index contributed by atoms with van der Waals surface area (Å²) in [5, 5.41) is 8.65. The molecule has 0 aliphatic carbocycles. The summed E-state index contributed by atoms with van der Waals surface area (Å²) >= 11 is 1.19. The van der Waals surface area contributed by atoms with Gasteiger partial charge in [-0.15, -0.1) is 18.3 Å². The Bertz CT molecular complexity index is 419. The van der Waals surface area contributed by atoms with Crippen LogP contribution in [0, 0.1) is 5.92 Å². The highest BCUT2D eigenvalue weighted by molar-refractivity contribution is 7.13. The topological polar surface area (TPSA) is 53.5 Å². The van der Waals surface area contributed by atoms with Crippen molar-refractivity contribution >= 4 is 11.3 Å². The Morgan fingerprint density at radius 2 is 2.10 bits per heavy atom. The van der Waals surface area contributed by atoms with Crippen LogP contribution in [0.1, 0.15) is 30.9 Å². The SMILES string of the molecule is C[C@@H]1CC[C@@H](c2nnc(OCCOC(F)(F)F)s2)OC1. The van der Waals surface area contributed by atoms with Crippen LogP contribution >= 0.6 is 11.3 Å². The van der Waals surface area contributed by atoms with Gasteiger partial charge in [-0.1, -0.05) is 23.4 Å². The molecule has 1 aromatic heterocycles. The van der Waals surface area contributed by atoms with Crippen molar-refractivity contribution in [3.8, 4) is 5.19 Å². The Balaban J connectivity index is 1.75. The van der Waals surface area contributed by atoms with Gasteiger partial charge in [-0.25, -0.2) is 0 Å². The standard InChI is InChI=1S/C11H15F3N2O3S/c1-7-2-3-8(18-6-7)9-15-16-10(20-9)17-4-5-19-11(12,13)14/h7-8H,2-6H2,1H3/t7-,8+/m1/s1. The van der Waals surface area contributed by atoms with E-state index in [0.717, 1.165) is 12.8 Å². The molecule has 9 heteroatoms. The third kappa shape index (κ3) is 4.88. The van der Waals surface area contributed by atoms with Gasteiger partial charge in [0.2, 0.25) is 0 Å². The Hall–Kier alpha value is -0.930. The summed E-state index contributed by atoms with van der Waals surface area (Å²) in [5.74, 6) is 0.536. The lowest BCUT2D eigenvalue weighted by atomic mass is 10.0. The van der Waals surface area contributed by atoms with Gasteiger partial charge in [-0.2, -0.15) is 0 Å². The zero-order valence-electron chi connectivity index (χ0n) is 10.9. The molecule has 0 unspecified atom stereocenters. The third-order valence-electron chi connectivity index (χ3n) is 2.78. The predicted molar refractivity (Wildman–Crippen MR) is 64.5 cm³/mol. The van der Waals surface area contributed by atoms with Gasteiger partial charge in [0.1, 0.15) is 17.7 Å². The average Bonchev–Trinajstić information content (AvgIpc) is 2.83. The van der Waals surface area contributed by atoms with Crippen molar-refractivity contribution < 1.29 is 27.4 Å². The maximum Gasteiger partial charge on any atom is 0.522 e. The van der Waals surface area contributed by atoms with E-state index in [9.17, 15) is 13.2 Å². The second kappa shape index (κ2) is 6.68. The Morgan fingerprint density at radius 1 is 1.30 bits per heavy atom. The summed E-state index contributed by atoms with van der Waals surface area (Å²) < 4.78 is 49.5. The highest BCUT2D eigenvalue weighted by Gasteiger charge is 2.29. The van der Waals surface area contributed by atoms with Crippen molar-refractivity contribution in [1.29, 1.82) is 0 Å². The summed E-state index contributed by atoms with van der Waals surface area (Å²) in [5.41, 5.74) is 0. The van der Waals surface area contributed by atoms with Crippen molar-refractivity contribution in [2.24, 2.45) is 5.92 Å². The fraction of sp³-hybridized carbons (Fsp3) is 0.818. The molecule has 20 heavy (non-hydrogen) atoms. The Morgan fingerprint density at radius 3 is 2.75 bits per heavy atom. The largest absolute Gasteiger partial charge is 0.522 e. The molecule has 1 aromatic rings. The molecule has 1 aliphatic rings. The average molecular weight is 312 g/mol. The second-order valence-electron chi connectivity index (χ2n) is 4.55. The zero-order chi connectivity index (χ0) is 14.6. The minimum Gasteiger partial charge on any atom is -0.466 e. The van der Waals surface area contributed by atoms with Gasteiger partial charge in [-0.05, 0) is 18.8 Å². The number of hydrogen-bond acceptors (Lipinski definition) is 6. The van der Waals surface area contributed by atoms with E-state index in [1.54, 1.807) is 0 Å². The minimum atomic E-state index is -4.64. The van der Waals surface area contributed by atoms with Gasteiger partial charge in [0.25, 0.3) is 5.19 Å². The molecule has 1 fully saturated rings. The highest BCUT2D eigenvalue weighted by Crippen LogP contribution is 2.33. The first-order valence-electron chi connectivity index (χ1n) is 6.22. The first-order valence-corrected chi connectivity index (χ1v) is 7.04. The molecule has 0 radical (unpaired) electrons. The molecule has 2 heterocycles. The maximum absolute atomic E-state index is 11.7. The maximum atomic E-state index is 11.7. The Labute approximate surface area is 118 Å². The van der Waals surface area contributed by atoms with Crippen LogP contribution in [0.25, 0.3) is 0 Å². The first kappa shape index (κ1) is 15.5. The fourth-order valence-electron chi connectivity index (χ4n) is 1.77. The highest BCUT2D eigenvalue weighted by atomic mass is 32.1. The third-order valence-corrected chi connectivity index (χ3v) is 3.70. The van der Waals surface area contributed by atoms with Crippen LogP contribution in [-0.2, 0) is 9.47 Å². The molecule has 0 N–H and O–H groups in total. The van der Waals surface area contributed by atoms with E-state index in [1.165, 1.54) is 11.3 Å². The van der Waals surface area contributed by atoms with Crippen molar-refractivity contribution in [3.05, 3.63) is 5.01 Å². The molecule has 114 valence electrons. The summed E-state index contributed by atoms with van der Waals surface area (Å²) in [6.45, 7) is 2.00. The van der Waals surface area contributed by atoms with E-state index >= 15 is 0 Å². The normalized spacial score (nSPS) is 23.8. The summed E-state index contributed by atoms with van der Waals surface area (Å²) in [7, 11) is 0. The number of rotatable bonds is 5. The van der Waals surface area contributed by atoms with Gasteiger partial charge in [0, 0.05) is 0 Å². The van der Waals surface area contributed by atoms with E-state index in [4.69, 9.17) is 9.47 Å². The van der Waals surface area contributed by atoms with Crippen molar-refractivity contribution in [2.75, 3.05) is 19.8 Å². The molecule has 0 aromatic carbocycles. The monoisotopic (exact) mass is 312 g/mol. The van der Waals surface area contributed by atoms with Gasteiger partial charge in [0.15, 0.2) is 0 Å². The molecule has 1 saturated heterocycles. The molecule has 0 spiro atoms. The lowest BCUT2D eigenvalue weighted by Gasteiger charge is -2.24. The molecule has 5 nitrogen and oxygen atoms in total. The van der Waals surface area contributed by atoms with Crippen molar-refractivity contribution in [1.82, 2.24) is 10.2 Å². The van der Waals surface area contributed by atoms with Gasteiger partial charge >= 0.3 is 6.36 Å². The van der Waals surface area contributed by atoms with E-state index in [0.29, 0.717) is 17.5 Å². The smallest absolute Gasteiger partial charge is 0.466 e. The molecular formula is C11H15F3N2O3S. The molecule has 1 aliphatic heterocycles. The van der Waals surface area contributed by atoms with Crippen molar-refractivity contribution in [2.45, 2.75) is 32.2 Å². The van der Waals surface area contributed by atoms with E-state index < -0.39 is 13.0 Å². The molecule has 2 rings (SSSR count).